The second-order valence-corrected chi connectivity index (χ2v) is 4.85. The lowest BCUT2D eigenvalue weighted by Gasteiger charge is -2.15. The molecule has 0 radical (unpaired) electrons. The Labute approximate surface area is 109 Å². The van der Waals surface area contributed by atoms with E-state index in [2.05, 4.69) is 15.9 Å². The Hall–Kier alpha value is -1.16. The second kappa shape index (κ2) is 5.45. The first-order chi connectivity index (χ1) is 8.25. The second-order valence-electron chi connectivity index (χ2n) is 4.05. The van der Waals surface area contributed by atoms with E-state index in [0.29, 0.717) is 12.1 Å². The number of benzene rings is 1. The number of alkyl halides is 1. The molecule has 1 aromatic rings. The molecule has 0 saturated carbocycles. The van der Waals surface area contributed by atoms with Crippen LogP contribution in [0.4, 0.5) is 5.69 Å². The first-order valence-electron chi connectivity index (χ1n) is 5.77. The number of unbranched alkanes of at least 4 members (excludes halogenated alkanes) is 2. The molecule has 90 valence electrons. The van der Waals surface area contributed by atoms with E-state index in [0.717, 1.165) is 30.3 Å². The number of hydrogen-bond donors (Lipinski definition) is 0. The van der Waals surface area contributed by atoms with Gasteiger partial charge < -0.3 is 4.90 Å². The van der Waals surface area contributed by atoms with Crippen LogP contribution in [0.25, 0.3) is 0 Å². The quantitative estimate of drug-likeness (QED) is 0.476. The van der Waals surface area contributed by atoms with E-state index in [1.165, 1.54) is 0 Å². The average Bonchev–Trinajstić information content (AvgIpc) is 2.60. The third-order valence-electron chi connectivity index (χ3n) is 2.89. The third-order valence-corrected chi connectivity index (χ3v) is 3.45. The molecule has 0 atom stereocenters. The highest BCUT2D eigenvalue weighted by Crippen LogP contribution is 2.28. The van der Waals surface area contributed by atoms with Crippen LogP contribution in [-0.2, 0) is 4.79 Å². The SMILES string of the molecule is O=C1C(=O)N(CCCCCBr)c2ccccc21. The predicted molar refractivity (Wildman–Crippen MR) is 70.8 cm³/mol. The maximum atomic E-state index is 11.8. The molecule has 0 fully saturated rings. The molecule has 0 aromatic heterocycles. The molecule has 0 aliphatic carbocycles. The Morgan fingerprint density at radius 2 is 1.82 bits per heavy atom. The summed E-state index contributed by atoms with van der Waals surface area (Å²) in [5, 5.41) is 0.983. The molecule has 1 amide bonds. The zero-order valence-corrected chi connectivity index (χ0v) is 11.1. The average molecular weight is 296 g/mol. The van der Waals surface area contributed by atoms with Crippen LogP contribution in [0.3, 0.4) is 0 Å². The maximum absolute atomic E-state index is 11.8. The van der Waals surface area contributed by atoms with Crippen LogP contribution < -0.4 is 4.90 Å². The first-order valence-corrected chi connectivity index (χ1v) is 6.89. The summed E-state index contributed by atoms with van der Waals surface area (Å²) < 4.78 is 0. The molecule has 0 bridgehead atoms. The van der Waals surface area contributed by atoms with E-state index in [4.69, 9.17) is 0 Å². The van der Waals surface area contributed by atoms with E-state index >= 15 is 0 Å². The van der Waals surface area contributed by atoms with Gasteiger partial charge in [-0.3, -0.25) is 9.59 Å². The summed E-state index contributed by atoms with van der Waals surface area (Å²) in [5.41, 5.74) is 1.30. The molecule has 0 unspecified atom stereocenters. The van der Waals surface area contributed by atoms with Crippen LogP contribution in [0.15, 0.2) is 24.3 Å². The van der Waals surface area contributed by atoms with Crippen molar-refractivity contribution in [2.45, 2.75) is 19.3 Å². The van der Waals surface area contributed by atoms with Crippen molar-refractivity contribution in [3.63, 3.8) is 0 Å². The van der Waals surface area contributed by atoms with E-state index in [1.54, 1.807) is 17.0 Å². The summed E-state index contributed by atoms with van der Waals surface area (Å²) in [6.07, 6.45) is 3.09. The monoisotopic (exact) mass is 295 g/mol. The summed E-state index contributed by atoms with van der Waals surface area (Å²) >= 11 is 3.38. The molecule has 1 aliphatic heterocycles. The molecule has 1 heterocycles. The number of hydrogen-bond acceptors (Lipinski definition) is 2. The molecule has 1 aromatic carbocycles. The van der Waals surface area contributed by atoms with Crippen molar-refractivity contribution < 1.29 is 9.59 Å². The summed E-state index contributed by atoms with van der Waals surface area (Å²) in [7, 11) is 0. The highest BCUT2D eigenvalue weighted by molar-refractivity contribution is 9.09. The highest BCUT2D eigenvalue weighted by Gasteiger charge is 2.34. The molecule has 2 rings (SSSR count). The number of carbonyl (C=O) groups excluding carboxylic acids is 2. The van der Waals surface area contributed by atoms with Gasteiger partial charge in [-0.2, -0.15) is 0 Å². The highest BCUT2D eigenvalue weighted by atomic mass is 79.9. The molecular weight excluding hydrogens is 282 g/mol. The molecular formula is C13H14BrNO2. The van der Waals surface area contributed by atoms with Crippen LogP contribution in [0.1, 0.15) is 29.6 Å². The van der Waals surface area contributed by atoms with Gasteiger partial charge in [0.15, 0.2) is 0 Å². The third kappa shape index (κ3) is 2.41. The fourth-order valence-corrected chi connectivity index (χ4v) is 2.41. The number of carbonyl (C=O) groups is 2. The van der Waals surface area contributed by atoms with Gasteiger partial charge in [0.2, 0.25) is 0 Å². The van der Waals surface area contributed by atoms with Gasteiger partial charge in [0, 0.05) is 11.9 Å². The number of fused-ring (bicyclic) bond motifs is 1. The lowest BCUT2D eigenvalue weighted by Crippen LogP contribution is -2.30. The minimum Gasteiger partial charge on any atom is -0.305 e. The zero-order valence-electron chi connectivity index (χ0n) is 9.49. The van der Waals surface area contributed by atoms with Gasteiger partial charge >= 0.3 is 0 Å². The van der Waals surface area contributed by atoms with Gasteiger partial charge in [-0.1, -0.05) is 34.5 Å². The standard InChI is InChI=1S/C13H14BrNO2/c14-8-4-1-5-9-15-11-7-3-2-6-10(11)12(16)13(15)17/h2-3,6-7H,1,4-5,8-9H2. The lowest BCUT2D eigenvalue weighted by atomic mass is 10.1. The molecule has 17 heavy (non-hydrogen) atoms. The smallest absolute Gasteiger partial charge is 0.299 e. The Morgan fingerprint density at radius 1 is 1.06 bits per heavy atom. The fraction of sp³-hybridized carbons (Fsp3) is 0.385. The largest absolute Gasteiger partial charge is 0.305 e. The molecule has 3 nitrogen and oxygen atoms in total. The van der Waals surface area contributed by atoms with E-state index < -0.39 is 0 Å². The number of rotatable bonds is 5. The fourth-order valence-electron chi connectivity index (χ4n) is 2.01. The van der Waals surface area contributed by atoms with Gasteiger partial charge in [-0.25, -0.2) is 0 Å². The maximum Gasteiger partial charge on any atom is 0.299 e. The number of para-hydroxylation sites is 1. The molecule has 0 N–H and O–H groups in total. The lowest BCUT2D eigenvalue weighted by molar-refractivity contribution is -0.114. The minimum atomic E-state index is -0.384. The number of ketones is 1. The van der Waals surface area contributed by atoms with Crippen LogP contribution in [0.2, 0.25) is 0 Å². The molecule has 0 saturated heterocycles. The number of halogens is 1. The molecule has 0 spiro atoms. The normalized spacial score (nSPS) is 14.3. The van der Waals surface area contributed by atoms with Crippen molar-refractivity contribution in [2.75, 3.05) is 16.8 Å². The van der Waals surface area contributed by atoms with Crippen LogP contribution in [0, 0.1) is 0 Å². The van der Waals surface area contributed by atoms with Crippen molar-refractivity contribution in [2.24, 2.45) is 0 Å². The van der Waals surface area contributed by atoms with Crippen LogP contribution in [-0.4, -0.2) is 23.6 Å². The van der Waals surface area contributed by atoms with Gasteiger partial charge in [0.1, 0.15) is 0 Å². The number of nitrogens with zero attached hydrogens (tertiary/aromatic N) is 1. The minimum absolute atomic E-state index is 0.374. The van der Waals surface area contributed by atoms with Crippen molar-refractivity contribution in [1.29, 1.82) is 0 Å². The Kier molecular flexibility index (Phi) is 3.94. The number of Topliss-reactive ketones (excluding diaryl/α,β-unsaturated/α-hetero) is 1. The van der Waals surface area contributed by atoms with Crippen molar-refractivity contribution in [1.82, 2.24) is 0 Å². The van der Waals surface area contributed by atoms with Crippen molar-refractivity contribution >= 4 is 33.3 Å². The Morgan fingerprint density at radius 3 is 2.59 bits per heavy atom. The van der Waals surface area contributed by atoms with Gasteiger partial charge in [0.05, 0.1) is 11.3 Å². The summed E-state index contributed by atoms with van der Waals surface area (Å²) in [5.74, 6) is -0.758. The predicted octanol–water partition coefficient (Wildman–Crippen LogP) is 2.78. The molecule has 4 heteroatoms. The van der Waals surface area contributed by atoms with E-state index in [-0.39, 0.29) is 11.7 Å². The summed E-state index contributed by atoms with van der Waals surface area (Å²) in [4.78, 5) is 25.1. The number of anilines is 1. The van der Waals surface area contributed by atoms with Crippen molar-refractivity contribution in [3.8, 4) is 0 Å². The Bertz CT molecular complexity index is 445. The van der Waals surface area contributed by atoms with E-state index in [1.807, 2.05) is 12.1 Å². The van der Waals surface area contributed by atoms with Gasteiger partial charge in [-0.15, -0.1) is 0 Å². The van der Waals surface area contributed by atoms with E-state index in [9.17, 15) is 9.59 Å². The van der Waals surface area contributed by atoms with Crippen LogP contribution >= 0.6 is 15.9 Å². The first kappa shape index (κ1) is 12.3. The van der Waals surface area contributed by atoms with Gasteiger partial charge in [-0.05, 0) is 25.0 Å². The molecule has 1 aliphatic rings. The summed E-state index contributed by atoms with van der Waals surface area (Å²) in [6, 6.07) is 7.20. The van der Waals surface area contributed by atoms with Crippen LogP contribution in [0.5, 0.6) is 0 Å². The zero-order chi connectivity index (χ0) is 12.3. The Balaban J connectivity index is 2.08. The van der Waals surface area contributed by atoms with Gasteiger partial charge in [0.25, 0.3) is 11.7 Å². The topological polar surface area (TPSA) is 37.4 Å². The number of amides is 1. The van der Waals surface area contributed by atoms with Crippen molar-refractivity contribution in [3.05, 3.63) is 29.8 Å². The summed E-state index contributed by atoms with van der Waals surface area (Å²) in [6.45, 7) is 0.634.